The molecule has 2 N–H and O–H groups in total. The number of carbonyl (C=O) groups is 1. The third-order valence-electron chi connectivity index (χ3n) is 4.32. The lowest BCUT2D eigenvalue weighted by Gasteiger charge is -2.08. The predicted octanol–water partition coefficient (Wildman–Crippen LogP) is 2.91. The van der Waals surface area contributed by atoms with Gasteiger partial charge >= 0.3 is 0 Å². The molecule has 3 rings (SSSR count). The highest BCUT2D eigenvalue weighted by molar-refractivity contribution is 7.13. The number of aryl methyl sites for hydroxylation is 1. The molecule has 1 fully saturated rings. The molecule has 1 amide bonds. The molecule has 0 aliphatic carbocycles. The SMILES string of the molecule is Cc1nc(Cc2ccc(F)cc2)sc1C(=O)NCCC1CCNC1. The van der Waals surface area contributed by atoms with E-state index in [1.54, 1.807) is 12.1 Å². The number of hydrogen-bond acceptors (Lipinski definition) is 4. The van der Waals surface area contributed by atoms with Crippen molar-refractivity contribution in [2.24, 2.45) is 5.92 Å². The first-order valence-electron chi connectivity index (χ1n) is 8.31. The first-order chi connectivity index (χ1) is 11.6. The second-order valence-corrected chi connectivity index (χ2v) is 7.31. The zero-order chi connectivity index (χ0) is 16.9. The van der Waals surface area contributed by atoms with Crippen LogP contribution in [-0.2, 0) is 6.42 Å². The van der Waals surface area contributed by atoms with Crippen molar-refractivity contribution in [2.75, 3.05) is 19.6 Å². The fourth-order valence-corrected chi connectivity index (χ4v) is 3.96. The fraction of sp³-hybridized carbons (Fsp3) is 0.444. The van der Waals surface area contributed by atoms with Gasteiger partial charge in [-0.05, 0) is 56.5 Å². The van der Waals surface area contributed by atoms with E-state index < -0.39 is 0 Å². The number of nitrogens with one attached hydrogen (secondary N) is 2. The van der Waals surface area contributed by atoms with E-state index in [0.29, 0.717) is 23.8 Å². The molecule has 0 saturated carbocycles. The molecule has 1 aromatic carbocycles. The number of carbonyl (C=O) groups excluding carboxylic acids is 1. The second-order valence-electron chi connectivity index (χ2n) is 6.23. The largest absolute Gasteiger partial charge is 0.351 e. The number of benzene rings is 1. The lowest BCUT2D eigenvalue weighted by Crippen LogP contribution is -2.26. The van der Waals surface area contributed by atoms with E-state index in [1.165, 1.54) is 29.9 Å². The van der Waals surface area contributed by atoms with Crippen LogP contribution in [0.15, 0.2) is 24.3 Å². The maximum absolute atomic E-state index is 13.0. The molecule has 1 aliphatic rings. The molecule has 24 heavy (non-hydrogen) atoms. The Kier molecular flexibility index (Phi) is 5.58. The van der Waals surface area contributed by atoms with Crippen LogP contribution in [0.5, 0.6) is 0 Å². The molecule has 1 atom stereocenters. The maximum Gasteiger partial charge on any atom is 0.263 e. The maximum atomic E-state index is 13.0. The summed E-state index contributed by atoms with van der Waals surface area (Å²) in [5.41, 5.74) is 1.75. The number of hydrogen-bond donors (Lipinski definition) is 2. The van der Waals surface area contributed by atoms with Crippen molar-refractivity contribution in [2.45, 2.75) is 26.2 Å². The van der Waals surface area contributed by atoms with E-state index in [0.717, 1.165) is 35.8 Å². The molecule has 1 aromatic heterocycles. The Bertz CT molecular complexity index is 693. The van der Waals surface area contributed by atoms with Gasteiger partial charge in [0.25, 0.3) is 5.91 Å². The van der Waals surface area contributed by atoms with Gasteiger partial charge in [0.1, 0.15) is 10.7 Å². The van der Waals surface area contributed by atoms with Gasteiger partial charge in [0.05, 0.1) is 10.7 Å². The Morgan fingerprint density at radius 1 is 1.42 bits per heavy atom. The number of amides is 1. The minimum Gasteiger partial charge on any atom is -0.351 e. The minimum absolute atomic E-state index is 0.0405. The van der Waals surface area contributed by atoms with Crippen LogP contribution in [0.4, 0.5) is 4.39 Å². The molecule has 128 valence electrons. The number of aromatic nitrogens is 1. The topological polar surface area (TPSA) is 54.0 Å². The van der Waals surface area contributed by atoms with E-state index in [2.05, 4.69) is 15.6 Å². The van der Waals surface area contributed by atoms with Gasteiger partial charge in [-0.3, -0.25) is 4.79 Å². The molecule has 0 radical (unpaired) electrons. The first kappa shape index (κ1) is 17.0. The van der Waals surface area contributed by atoms with Crippen LogP contribution >= 0.6 is 11.3 Å². The van der Waals surface area contributed by atoms with Gasteiger partial charge in [-0.1, -0.05) is 12.1 Å². The van der Waals surface area contributed by atoms with Crippen molar-refractivity contribution in [1.82, 2.24) is 15.6 Å². The summed E-state index contributed by atoms with van der Waals surface area (Å²) in [6.07, 6.45) is 2.82. The van der Waals surface area contributed by atoms with Crippen LogP contribution in [0.25, 0.3) is 0 Å². The van der Waals surface area contributed by atoms with Crippen molar-refractivity contribution < 1.29 is 9.18 Å². The normalized spacial score (nSPS) is 17.2. The molecular formula is C18H22FN3OS. The van der Waals surface area contributed by atoms with Crippen LogP contribution < -0.4 is 10.6 Å². The standard InChI is InChI=1S/C18H22FN3OS/c1-12-17(18(23)21-9-7-14-6-8-20-11-14)24-16(22-12)10-13-2-4-15(19)5-3-13/h2-5,14,20H,6-11H2,1H3,(H,21,23). The van der Waals surface area contributed by atoms with Crippen LogP contribution in [0, 0.1) is 18.7 Å². The highest BCUT2D eigenvalue weighted by atomic mass is 32.1. The smallest absolute Gasteiger partial charge is 0.263 e. The second kappa shape index (κ2) is 7.85. The summed E-state index contributed by atoms with van der Waals surface area (Å²) in [5, 5.41) is 7.22. The number of nitrogens with zero attached hydrogens (tertiary/aromatic N) is 1. The predicted molar refractivity (Wildman–Crippen MR) is 94.0 cm³/mol. The molecule has 1 unspecified atom stereocenters. The Labute approximate surface area is 145 Å². The summed E-state index contributed by atoms with van der Waals surface area (Å²) in [7, 11) is 0. The van der Waals surface area contributed by atoms with E-state index in [1.807, 2.05) is 6.92 Å². The molecule has 1 saturated heterocycles. The third-order valence-corrected chi connectivity index (χ3v) is 5.47. The van der Waals surface area contributed by atoms with Crippen molar-refractivity contribution in [1.29, 1.82) is 0 Å². The fourth-order valence-electron chi connectivity index (χ4n) is 2.95. The summed E-state index contributed by atoms with van der Waals surface area (Å²) in [5.74, 6) is 0.384. The Balaban J connectivity index is 1.56. The molecular weight excluding hydrogens is 325 g/mol. The highest BCUT2D eigenvalue weighted by Crippen LogP contribution is 2.21. The van der Waals surface area contributed by atoms with Gasteiger partial charge in [0.15, 0.2) is 0 Å². The summed E-state index contributed by atoms with van der Waals surface area (Å²) in [6, 6.07) is 6.39. The number of thiazole rings is 1. The van der Waals surface area contributed by atoms with Crippen molar-refractivity contribution >= 4 is 17.2 Å². The molecule has 2 aromatic rings. The van der Waals surface area contributed by atoms with Crippen LogP contribution in [-0.4, -0.2) is 30.5 Å². The van der Waals surface area contributed by atoms with Gasteiger partial charge in [-0.25, -0.2) is 9.37 Å². The Morgan fingerprint density at radius 3 is 2.92 bits per heavy atom. The molecule has 0 bridgehead atoms. The molecule has 4 nitrogen and oxygen atoms in total. The lowest BCUT2D eigenvalue weighted by molar-refractivity contribution is 0.0955. The van der Waals surface area contributed by atoms with Crippen molar-refractivity contribution in [3.05, 3.63) is 51.2 Å². The summed E-state index contributed by atoms with van der Waals surface area (Å²) < 4.78 is 13.0. The van der Waals surface area contributed by atoms with Gasteiger partial charge < -0.3 is 10.6 Å². The van der Waals surface area contributed by atoms with Crippen LogP contribution in [0.1, 0.15) is 38.8 Å². The Hall–Kier alpha value is -1.79. The van der Waals surface area contributed by atoms with Crippen molar-refractivity contribution in [3.8, 4) is 0 Å². The molecule has 2 heterocycles. The summed E-state index contributed by atoms with van der Waals surface area (Å²) in [6.45, 7) is 4.70. The van der Waals surface area contributed by atoms with Crippen LogP contribution in [0.2, 0.25) is 0 Å². The van der Waals surface area contributed by atoms with Gasteiger partial charge in [0.2, 0.25) is 0 Å². The monoisotopic (exact) mass is 347 g/mol. The minimum atomic E-state index is -0.244. The summed E-state index contributed by atoms with van der Waals surface area (Å²) in [4.78, 5) is 17.5. The zero-order valence-electron chi connectivity index (χ0n) is 13.8. The molecule has 6 heteroatoms. The Morgan fingerprint density at radius 2 is 2.21 bits per heavy atom. The van der Waals surface area contributed by atoms with Gasteiger partial charge in [-0.15, -0.1) is 11.3 Å². The molecule has 0 spiro atoms. The summed E-state index contributed by atoms with van der Waals surface area (Å²) >= 11 is 1.42. The van der Waals surface area contributed by atoms with E-state index in [4.69, 9.17) is 0 Å². The third kappa shape index (κ3) is 4.39. The van der Waals surface area contributed by atoms with Gasteiger partial charge in [-0.2, -0.15) is 0 Å². The average molecular weight is 347 g/mol. The quantitative estimate of drug-likeness (QED) is 0.845. The van der Waals surface area contributed by atoms with Crippen molar-refractivity contribution in [3.63, 3.8) is 0 Å². The molecule has 1 aliphatic heterocycles. The number of halogens is 1. The number of rotatable bonds is 6. The lowest BCUT2D eigenvalue weighted by atomic mass is 10.1. The van der Waals surface area contributed by atoms with Gasteiger partial charge in [0, 0.05) is 13.0 Å². The van der Waals surface area contributed by atoms with Crippen LogP contribution in [0.3, 0.4) is 0 Å². The van der Waals surface area contributed by atoms with E-state index in [-0.39, 0.29) is 11.7 Å². The van der Waals surface area contributed by atoms with E-state index in [9.17, 15) is 9.18 Å². The first-order valence-corrected chi connectivity index (χ1v) is 9.13. The average Bonchev–Trinajstić information content (AvgIpc) is 3.19. The highest BCUT2D eigenvalue weighted by Gasteiger charge is 2.17. The zero-order valence-corrected chi connectivity index (χ0v) is 14.6. The van der Waals surface area contributed by atoms with E-state index >= 15 is 0 Å².